The molecule has 0 bridgehead atoms. The number of allylic oxidation sites excluding steroid dienone is 2. The van der Waals surface area contributed by atoms with Crippen LogP contribution in [0.4, 0.5) is 0 Å². The highest BCUT2D eigenvalue weighted by atomic mass is 14.3. The Balaban J connectivity index is 2.60. The molecule has 14 heavy (non-hydrogen) atoms. The molecule has 0 saturated carbocycles. The molecular formula is C14H16. The highest BCUT2D eigenvalue weighted by Crippen LogP contribution is 2.39. The first-order valence-corrected chi connectivity index (χ1v) is 5.22. The van der Waals surface area contributed by atoms with Gasteiger partial charge in [-0.2, -0.15) is 0 Å². The van der Waals surface area contributed by atoms with Crippen LogP contribution in [0.3, 0.4) is 0 Å². The molecule has 72 valence electrons. The number of hydrogen-bond donors (Lipinski definition) is 0. The Morgan fingerprint density at radius 1 is 1.43 bits per heavy atom. The standard InChI is InChI=1S/C14H16/c1-3-14(4-2)11-7-9-12-8-5-6-10-13(12)14/h3,5-10H,1,4,11H2,2H3. The summed E-state index contributed by atoms with van der Waals surface area (Å²) in [6.07, 6.45) is 8.79. The molecule has 1 unspecified atom stereocenters. The van der Waals surface area contributed by atoms with Crippen molar-refractivity contribution in [2.24, 2.45) is 0 Å². The van der Waals surface area contributed by atoms with Gasteiger partial charge in [0.25, 0.3) is 0 Å². The number of hydrogen-bond acceptors (Lipinski definition) is 0. The van der Waals surface area contributed by atoms with E-state index in [0.717, 1.165) is 12.8 Å². The van der Waals surface area contributed by atoms with Crippen LogP contribution in [0.1, 0.15) is 30.9 Å². The van der Waals surface area contributed by atoms with Crippen LogP contribution in [-0.2, 0) is 5.41 Å². The highest BCUT2D eigenvalue weighted by molar-refractivity contribution is 5.60. The zero-order chi connectivity index (χ0) is 10.0. The molecule has 1 aliphatic carbocycles. The smallest absolute Gasteiger partial charge is 0.0167 e. The average molecular weight is 184 g/mol. The molecule has 0 fully saturated rings. The van der Waals surface area contributed by atoms with Crippen molar-refractivity contribution in [3.8, 4) is 0 Å². The first kappa shape index (κ1) is 9.26. The van der Waals surface area contributed by atoms with Crippen molar-refractivity contribution in [1.82, 2.24) is 0 Å². The van der Waals surface area contributed by atoms with E-state index in [2.05, 4.69) is 56.0 Å². The van der Waals surface area contributed by atoms with Crippen molar-refractivity contribution in [1.29, 1.82) is 0 Å². The Kier molecular flexibility index (Phi) is 2.28. The SMILES string of the molecule is C=CC1(CC)CC=Cc2ccccc21. The van der Waals surface area contributed by atoms with Gasteiger partial charge in [-0.05, 0) is 24.0 Å². The second-order valence-electron chi connectivity index (χ2n) is 3.91. The van der Waals surface area contributed by atoms with Crippen molar-refractivity contribution < 1.29 is 0 Å². The fourth-order valence-corrected chi connectivity index (χ4v) is 2.27. The zero-order valence-electron chi connectivity index (χ0n) is 8.66. The molecule has 1 atom stereocenters. The van der Waals surface area contributed by atoms with Crippen molar-refractivity contribution in [2.45, 2.75) is 25.2 Å². The minimum atomic E-state index is 0.172. The molecule has 0 N–H and O–H groups in total. The fraction of sp³-hybridized carbons (Fsp3) is 0.286. The monoisotopic (exact) mass is 184 g/mol. The maximum Gasteiger partial charge on any atom is 0.0167 e. The van der Waals surface area contributed by atoms with E-state index < -0.39 is 0 Å². The van der Waals surface area contributed by atoms with Gasteiger partial charge >= 0.3 is 0 Å². The van der Waals surface area contributed by atoms with Gasteiger partial charge in [-0.25, -0.2) is 0 Å². The molecule has 0 radical (unpaired) electrons. The lowest BCUT2D eigenvalue weighted by atomic mass is 9.71. The van der Waals surface area contributed by atoms with Crippen LogP contribution in [0.2, 0.25) is 0 Å². The van der Waals surface area contributed by atoms with E-state index in [1.807, 2.05) is 0 Å². The molecule has 1 aliphatic rings. The van der Waals surface area contributed by atoms with Crippen LogP contribution in [0.25, 0.3) is 6.08 Å². The normalized spacial score (nSPS) is 24.4. The van der Waals surface area contributed by atoms with Gasteiger partial charge in [0.05, 0.1) is 0 Å². The molecule has 2 rings (SSSR count). The Labute approximate surface area is 86.0 Å². The van der Waals surface area contributed by atoms with Gasteiger partial charge < -0.3 is 0 Å². The zero-order valence-corrected chi connectivity index (χ0v) is 8.66. The first-order chi connectivity index (χ1) is 6.82. The second kappa shape index (κ2) is 3.45. The summed E-state index contributed by atoms with van der Waals surface area (Å²) < 4.78 is 0. The predicted molar refractivity (Wildman–Crippen MR) is 62.3 cm³/mol. The van der Waals surface area contributed by atoms with Crippen LogP contribution in [0.5, 0.6) is 0 Å². The largest absolute Gasteiger partial charge is 0.102 e. The predicted octanol–water partition coefficient (Wildman–Crippen LogP) is 3.94. The maximum atomic E-state index is 3.99. The molecular weight excluding hydrogens is 168 g/mol. The van der Waals surface area contributed by atoms with Crippen LogP contribution < -0.4 is 0 Å². The number of rotatable bonds is 2. The summed E-state index contributed by atoms with van der Waals surface area (Å²) in [7, 11) is 0. The molecule has 0 heteroatoms. The quantitative estimate of drug-likeness (QED) is 0.611. The van der Waals surface area contributed by atoms with Gasteiger partial charge in [-0.15, -0.1) is 6.58 Å². The highest BCUT2D eigenvalue weighted by Gasteiger charge is 2.29. The fourth-order valence-electron chi connectivity index (χ4n) is 2.27. The lowest BCUT2D eigenvalue weighted by Gasteiger charge is -2.33. The first-order valence-electron chi connectivity index (χ1n) is 5.22. The third-order valence-corrected chi connectivity index (χ3v) is 3.30. The summed E-state index contributed by atoms with van der Waals surface area (Å²) in [6.45, 7) is 6.23. The van der Waals surface area contributed by atoms with Crippen LogP contribution in [0, 0.1) is 0 Å². The van der Waals surface area contributed by atoms with Crippen LogP contribution in [-0.4, -0.2) is 0 Å². The molecule has 0 spiro atoms. The van der Waals surface area contributed by atoms with Crippen molar-refractivity contribution in [2.75, 3.05) is 0 Å². The summed E-state index contributed by atoms with van der Waals surface area (Å²) >= 11 is 0. The van der Waals surface area contributed by atoms with E-state index in [0.29, 0.717) is 0 Å². The summed E-state index contributed by atoms with van der Waals surface area (Å²) in [4.78, 5) is 0. The van der Waals surface area contributed by atoms with E-state index in [4.69, 9.17) is 0 Å². The van der Waals surface area contributed by atoms with Gasteiger partial charge in [0.15, 0.2) is 0 Å². The molecule has 1 aromatic carbocycles. The van der Waals surface area contributed by atoms with E-state index in [-0.39, 0.29) is 5.41 Å². The third kappa shape index (κ3) is 1.22. The molecule has 0 nitrogen and oxygen atoms in total. The number of fused-ring (bicyclic) bond motifs is 1. The van der Waals surface area contributed by atoms with Gasteiger partial charge in [0.1, 0.15) is 0 Å². The minimum Gasteiger partial charge on any atom is -0.102 e. The lowest BCUT2D eigenvalue weighted by Crippen LogP contribution is -2.24. The Morgan fingerprint density at radius 2 is 2.21 bits per heavy atom. The molecule has 0 aromatic heterocycles. The molecule has 0 saturated heterocycles. The van der Waals surface area contributed by atoms with Gasteiger partial charge in [-0.3, -0.25) is 0 Å². The van der Waals surface area contributed by atoms with Crippen molar-refractivity contribution in [3.05, 3.63) is 54.1 Å². The van der Waals surface area contributed by atoms with E-state index in [9.17, 15) is 0 Å². The molecule has 0 heterocycles. The van der Waals surface area contributed by atoms with E-state index in [1.54, 1.807) is 0 Å². The summed E-state index contributed by atoms with van der Waals surface area (Å²) in [5.74, 6) is 0. The van der Waals surface area contributed by atoms with E-state index >= 15 is 0 Å². The Morgan fingerprint density at radius 3 is 2.93 bits per heavy atom. The number of benzene rings is 1. The lowest BCUT2D eigenvalue weighted by molar-refractivity contribution is 0.519. The second-order valence-corrected chi connectivity index (χ2v) is 3.91. The summed E-state index contributed by atoms with van der Waals surface area (Å²) in [5.41, 5.74) is 2.95. The third-order valence-electron chi connectivity index (χ3n) is 3.30. The summed E-state index contributed by atoms with van der Waals surface area (Å²) in [5, 5.41) is 0. The van der Waals surface area contributed by atoms with Gasteiger partial charge in [-0.1, -0.05) is 49.4 Å². The minimum absolute atomic E-state index is 0.172. The molecule has 0 amide bonds. The van der Waals surface area contributed by atoms with E-state index in [1.165, 1.54) is 11.1 Å². The van der Waals surface area contributed by atoms with Crippen LogP contribution in [0.15, 0.2) is 43.0 Å². The Hall–Kier alpha value is -1.30. The topological polar surface area (TPSA) is 0 Å². The van der Waals surface area contributed by atoms with Gasteiger partial charge in [0.2, 0.25) is 0 Å². The molecule has 1 aromatic rings. The maximum absolute atomic E-state index is 3.99. The summed E-state index contributed by atoms with van der Waals surface area (Å²) in [6, 6.07) is 8.62. The van der Waals surface area contributed by atoms with Gasteiger partial charge in [0, 0.05) is 5.41 Å². The Bertz CT molecular complexity index is 373. The average Bonchev–Trinajstić information content (AvgIpc) is 2.28. The van der Waals surface area contributed by atoms with Crippen molar-refractivity contribution in [3.63, 3.8) is 0 Å². The van der Waals surface area contributed by atoms with Crippen molar-refractivity contribution >= 4 is 6.08 Å². The molecule has 0 aliphatic heterocycles. The van der Waals surface area contributed by atoms with Crippen LogP contribution >= 0.6 is 0 Å².